The van der Waals surface area contributed by atoms with Gasteiger partial charge in [0.15, 0.2) is 0 Å². The highest BCUT2D eigenvalue weighted by Crippen LogP contribution is 2.24. The summed E-state index contributed by atoms with van der Waals surface area (Å²) in [5.41, 5.74) is -0.218. The van der Waals surface area contributed by atoms with E-state index in [2.05, 4.69) is 17.6 Å². The van der Waals surface area contributed by atoms with Crippen LogP contribution >= 0.6 is 0 Å². The van der Waals surface area contributed by atoms with Gasteiger partial charge in [-0.3, -0.25) is 9.59 Å². The topological polar surface area (TPSA) is 108 Å². The second kappa shape index (κ2) is 11.4. The van der Waals surface area contributed by atoms with Crippen LogP contribution in [-0.4, -0.2) is 53.1 Å². The first-order chi connectivity index (χ1) is 14.0. The number of benzene rings is 1. The zero-order chi connectivity index (χ0) is 22.9. The molecule has 30 heavy (non-hydrogen) atoms. The molecule has 168 valence electrons. The summed E-state index contributed by atoms with van der Waals surface area (Å²) in [5, 5.41) is 15.2. The Balaban J connectivity index is 2.97. The molecule has 1 aromatic rings. The summed E-state index contributed by atoms with van der Waals surface area (Å²) >= 11 is 0. The molecule has 2 atom stereocenters. The molecule has 0 spiro atoms. The van der Waals surface area contributed by atoms with Gasteiger partial charge in [0.1, 0.15) is 23.4 Å². The molecule has 1 rings (SSSR count). The van der Waals surface area contributed by atoms with Crippen molar-refractivity contribution < 1.29 is 24.2 Å². The van der Waals surface area contributed by atoms with Gasteiger partial charge in [-0.2, -0.15) is 0 Å². The molecule has 0 aliphatic rings. The molecular formula is C22H35N3O5. The Bertz CT molecular complexity index is 730. The molecular weight excluding hydrogens is 386 g/mol. The Labute approximate surface area is 179 Å². The van der Waals surface area contributed by atoms with Crippen LogP contribution in [0.3, 0.4) is 0 Å². The average Bonchev–Trinajstić information content (AvgIpc) is 2.63. The summed E-state index contributed by atoms with van der Waals surface area (Å²) in [7, 11) is 1.50. The number of rotatable bonds is 9. The zero-order valence-corrected chi connectivity index (χ0v) is 18.8. The van der Waals surface area contributed by atoms with E-state index in [0.717, 1.165) is 19.3 Å². The number of ether oxygens (including phenoxy) is 1. The van der Waals surface area contributed by atoms with Crippen LogP contribution < -0.4 is 10.6 Å². The first-order valence-corrected chi connectivity index (χ1v) is 10.3. The van der Waals surface area contributed by atoms with Crippen molar-refractivity contribution in [1.82, 2.24) is 15.5 Å². The zero-order valence-electron chi connectivity index (χ0n) is 18.8. The maximum absolute atomic E-state index is 12.9. The lowest BCUT2D eigenvalue weighted by Gasteiger charge is -2.30. The summed E-state index contributed by atoms with van der Waals surface area (Å²) < 4.78 is 5.19. The van der Waals surface area contributed by atoms with Gasteiger partial charge in [-0.05, 0) is 51.8 Å². The number of amides is 3. The quantitative estimate of drug-likeness (QED) is 0.531. The number of phenolic OH excluding ortho intramolecular Hbond substituents is 1. The number of unbranched alkanes of at least 4 members (excludes halogenated alkanes) is 2. The molecule has 1 aromatic carbocycles. The van der Waals surface area contributed by atoms with Crippen molar-refractivity contribution in [2.45, 2.75) is 71.6 Å². The normalized spacial score (nSPS) is 13.1. The number of nitrogens with zero attached hydrogens (tertiary/aromatic N) is 1. The number of carbonyl (C=O) groups excluding carboxylic acids is 3. The molecule has 8 nitrogen and oxygen atoms in total. The predicted molar refractivity (Wildman–Crippen MR) is 115 cm³/mol. The minimum atomic E-state index is -0.950. The summed E-state index contributed by atoms with van der Waals surface area (Å²) in [6.07, 6.45) is 2.14. The number of aromatic hydroxyl groups is 1. The Morgan fingerprint density at radius 1 is 1.20 bits per heavy atom. The van der Waals surface area contributed by atoms with E-state index in [1.54, 1.807) is 32.9 Å². The second-order valence-electron chi connectivity index (χ2n) is 8.31. The van der Waals surface area contributed by atoms with Gasteiger partial charge in [-0.15, -0.1) is 0 Å². The third-order valence-corrected chi connectivity index (χ3v) is 4.35. The van der Waals surface area contributed by atoms with Gasteiger partial charge in [0.05, 0.1) is 0 Å². The highest BCUT2D eigenvalue weighted by Gasteiger charge is 2.32. The van der Waals surface area contributed by atoms with Gasteiger partial charge in [0.25, 0.3) is 0 Å². The Kier molecular flexibility index (Phi) is 9.62. The molecule has 8 heteroatoms. The van der Waals surface area contributed by atoms with E-state index in [-0.39, 0.29) is 11.7 Å². The van der Waals surface area contributed by atoms with Gasteiger partial charge in [0.2, 0.25) is 11.8 Å². The fraction of sp³-hybridized carbons (Fsp3) is 0.591. The smallest absolute Gasteiger partial charge is 0.408 e. The Morgan fingerprint density at radius 2 is 1.87 bits per heavy atom. The van der Waals surface area contributed by atoms with Crippen LogP contribution in [0.25, 0.3) is 0 Å². The fourth-order valence-corrected chi connectivity index (χ4v) is 2.91. The summed E-state index contributed by atoms with van der Waals surface area (Å²) in [5.74, 6) is -0.813. The number of hydrogen-bond acceptors (Lipinski definition) is 5. The van der Waals surface area contributed by atoms with Crippen molar-refractivity contribution in [3.05, 3.63) is 29.8 Å². The van der Waals surface area contributed by atoms with Crippen molar-refractivity contribution in [1.29, 1.82) is 0 Å². The molecule has 0 saturated heterocycles. The van der Waals surface area contributed by atoms with E-state index < -0.39 is 29.7 Å². The Hall–Kier alpha value is -2.77. The van der Waals surface area contributed by atoms with Crippen LogP contribution in [-0.2, 0) is 14.3 Å². The van der Waals surface area contributed by atoms with E-state index in [0.29, 0.717) is 12.1 Å². The third-order valence-electron chi connectivity index (χ3n) is 4.35. The third kappa shape index (κ3) is 8.31. The molecule has 2 unspecified atom stereocenters. The van der Waals surface area contributed by atoms with Crippen molar-refractivity contribution in [2.24, 2.45) is 0 Å². The van der Waals surface area contributed by atoms with Crippen LogP contribution in [0, 0.1) is 0 Å². The lowest BCUT2D eigenvalue weighted by molar-refractivity contribution is -0.140. The van der Waals surface area contributed by atoms with Crippen molar-refractivity contribution in [3.63, 3.8) is 0 Å². The summed E-state index contributed by atoms with van der Waals surface area (Å²) in [6, 6.07) is 4.38. The standard InChI is InChI=1S/C22H35N3O5/c1-7-8-9-13-23-19(27)18(16-11-10-12-17(26)14-16)25(6)20(28)15(2)24-21(29)30-22(3,4)5/h10-12,14-15,18,26H,7-9,13H2,1-6H3,(H,23,27)(H,24,29). The summed E-state index contributed by atoms with van der Waals surface area (Å²) in [6.45, 7) is 9.28. The van der Waals surface area contributed by atoms with Crippen LogP contribution in [0.5, 0.6) is 5.75 Å². The number of nitrogens with one attached hydrogen (secondary N) is 2. The highest BCUT2D eigenvalue weighted by atomic mass is 16.6. The fourth-order valence-electron chi connectivity index (χ4n) is 2.91. The van der Waals surface area contributed by atoms with Gasteiger partial charge in [-0.25, -0.2) is 4.79 Å². The Morgan fingerprint density at radius 3 is 2.43 bits per heavy atom. The van der Waals surface area contributed by atoms with E-state index in [1.807, 2.05) is 0 Å². The molecule has 0 bridgehead atoms. The van der Waals surface area contributed by atoms with Crippen molar-refractivity contribution in [2.75, 3.05) is 13.6 Å². The largest absolute Gasteiger partial charge is 0.508 e. The monoisotopic (exact) mass is 421 g/mol. The van der Waals surface area contributed by atoms with E-state index in [9.17, 15) is 19.5 Å². The molecule has 0 aliphatic carbocycles. The lowest BCUT2D eigenvalue weighted by Crippen LogP contribution is -2.50. The number of hydrogen-bond donors (Lipinski definition) is 3. The van der Waals surface area contributed by atoms with Gasteiger partial charge in [-0.1, -0.05) is 31.9 Å². The first-order valence-electron chi connectivity index (χ1n) is 10.3. The number of carbonyl (C=O) groups is 3. The van der Waals surface area contributed by atoms with Crippen molar-refractivity contribution in [3.8, 4) is 5.75 Å². The maximum atomic E-state index is 12.9. The van der Waals surface area contributed by atoms with Gasteiger partial charge >= 0.3 is 6.09 Å². The van der Waals surface area contributed by atoms with Gasteiger partial charge in [0, 0.05) is 13.6 Å². The predicted octanol–water partition coefficient (Wildman–Crippen LogP) is 3.11. The molecule has 0 aliphatic heterocycles. The second-order valence-corrected chi connectivity index (χ2v) is 8.31. The number of alkyl carbamates (subject to hydrolysis) is 1. The number of likely N-dealkylation sites (N-methyl/N-ethyl adjacent to an activating group) is 1. The van der Waals surface area contributed by atoms with Crippen LogP contribution in [0.2, 0.25) is 0 Å². The van der Waals surface area contributed by atoms with Crippen LogP contribution in [0.15, 0.2) is 24.3 Å². The molecule has 0 fully saturated rings. The van der Waals surface area contributed by atoms with E-state index >= 15 is 0 Å². The SMILES string of the molecule is CCCCCNC(=O)C(c1cccc(O)c1)N(C)C(=O)C(C)NC(=O)OC(C)(C)C. The summed E-state index contributed by atoms with van der Waals surface area (Å²) in [4.78, 5) is 39.1. The first kappa shape index (κ1) is 25.3. The van der Waals surface area contributed by atoms with Gasteiger partial charge < -0.3 is 25.4 Å². The maximum Gasteiger partial charge on any atom is 0.408 e. The van der Waals surface area contributed by atoms with Crippen LogP contribution in [0.1, 0.15) is 65.5 Å². The molecule has 0 heterocycles. The molecule has 3 N–H and O–H groups in total. The molecule has 3 amide bonds. The highest BCUT2D eigenvalue weighted by molar-refractivity contribution is 5.91. The van der Waals surface area contributed by atoms with E-state index in [1.165, 1.54) is 31.0 Å². The lowest BCUT2D eigenvalue weighted by atomic mass is 10.0. The minimum Gasteiger partial charge on any atom is -0.508 e. The molecule has 0 saturated carbocycles. The minimum absolute atomic E-state index is 0.00272. The van der Waals surface area contributed by atoms with Crippen LogP contribution in [0.4, 0.5) is 4.79 Å². The molecule has 0 radical (unpaired) electrons. The number of phenols is 1. The van der Waals surface area contributed by atoms with E-state index in [4.69, 9.17) is 4.74 Å². The average molecular weight is 422 g/mol. The molecule has 0 aromatic heterocycles. The van der Waals surface area contributed by atoms with Crippen molar-refractivity contribution >= 4 is 17.9 Å².